The van der Waals surface area contributed by atoms with Gasteiger partial charge in [-0.15, -0.1) is 0 Å². The molecular weight excluding hydrogens is 358 g/mol. The number of nitrogens with one attached hydrogen (secondary N) is 1. The Kier molecular flexibility index (Phi) is 5.94. The van der Waals surface area contributed by atoms with Crippen LogP contribution in [-0.4, -0.2) is 15.0 Å². The summed E-state index contributed by atoms with van der Waals surface area (Å²) >= 11 is 0. The highest BCUT2D eigenvalue weighted by atomic mass is 32.2. The Hall–Kier alpha value is -2.63. The van der Waals surface area contributed by atoms with Crippen molar-refractivity contribution in [2.75, 3.05) is 6.61 Å². The van der Waals surface area contributed by atoms with E-state index >= 15 is 0 Å². The number of aryl methyl sites for hydroxylation is 1. The van der Waals surface area contributed by atoms with Gasteiger partial charge in [-0.3, -0.25) is 0 Å². The van der Waals surface area contributed by atoms with Gasteiger partial charge in [0, 0.05) is 0 Å². The molecule has 3 aromatic carbocycles. The highest BCUT2D eigenvalue weighted by Gasteiger charge is 2.24. The van der Waals surface area contributed by atoms with E-state index in [9.17, 15) is 8.42 Å². The van der Waals surface area contributed by atoms with E-state index in [-0.39, 0.29) is 4.90 Å². The van der Waals surface area contributed by atoms with Gasteiger partial charge in [-0.1, -0.05) is 54.6 Å². The van der Waals surface area contributed by atoms with Gasteiger partial charge in [-0.05, 0) is 54.8 Å². The second-order valence-corrected chi connectivity index (χ2v) is 7.94. The molecule has 0 aromatic heterocycles. The van der Waals surface area contributed by atoms with E-state index in [0.29, 0.717) is 12.4 Å². The molecule has 0 amide bonds. The Morgan fingerprint density at radius 2 is 1.52 bits per heavy atom. The first-order chi connectivity index (χ1) is 13.0. The number of hydrogen-bond donors (Lipinski definition) is 1. The molecule has 5 heteroatoms. The SMILES string of the molecule is CCOc1ccc(S(=O)(=O)N[C@H](c2ccccc2)c2ccccc2C)cc1. The first-order valence-electron chi connectivity index (χ1n) is 8.87. The summed E-state index contributed by atoms with van der Waals surface area (Å²) in [6.07, 6.45) is 0. The molecule has 0 fully saturated rings. The monoisotopic (exact) mass is 381 g/mol. The van der Waals surface area contributed by atoms with E-state index in [1.165, 1.54) is 0 Å². The van der Waals surface area contributed by atoms with Crippen LogP contribution in [0.25, 0.3) is 0 Å². The fourth-order valence-electron chi connectivity index (χ4n) is 2.97. The van der Waals surface area contributed by atoms with Crippen molar-refractivity contribution in [3.8, 4) is 5.75 Å². The number of sulfonamides is 1. The average molecular weight is 381 g/mol. The molecule has 0 spiro atoms. The van der Waals surface area contributed by atoms with Crippen molar-refractivity contribution in [1.82, 2.24) is 4.72 Å². The molecule has 1 N–H and O–H groups in total. The normalized spacial score (nSPS) is 12.5. The van der Waals surface area contributed by atoms with Crippen LogP contribution in [0.5, 0.6) is 5.75 Å². The molecular formula is C22H23NO3S. The third-order valence-corrected chi connectivity index (χ3v) is 5.79. The van der Waals surface area contributed by atoms with Crippen LogP contribution in [0.4, 0.5) is 0 Å². The molecule has 0 saturated heterocycles. The van der Waals surface area contributed by atoms with Crippen molar-refractivity contribution in [2.24, 2.45) is 0 Å². The maximum absolute atomic E-state index is 13.0. The summed E-state index contributed by atoms with van der Waals surface area (Å²) in [6, 6.07) is 23.4. The maximum atomic E-state index is 13.0. The van der Waals surface area contributed by atoms with Crippen LogP contribution in [0.3, 0.4) is 0 Å². The van der Waals surface area contributed by atoms with E-state index in [2.05, 4.69) is 4.72 Å². The summed E-state index contributed by atoms with van der Waals surface area (Å²) in [4.78, 5) is 0.209. The fraction of sp³-hybridized carbons (Fsp3) is 0.182. The van der Waals surface area contributed by atoms with Crippen LogP contribution in [0.15, 0.2) is 83.8 Å². The first-order valence-corrected chi connectivity index (χ1v) is 10.4. The van der Waals surface area contributed by atoms with Crippen molar-refractivity contribution in [3.05, 3.63) is 95.6 Å². The van der Waals surface area contributed by atoms with Gasteiger partial charge < -0.3 is 4.74 Å². The number of hydrogen-bond acceptors (Lipinski definition) is 3. The summed E-state index contributed by atoms with van der Waals surface area (Å²) in [6.45, 7) is 4.41. The Bertz CT molecular complexity index is 984. The molecule has 3 rings (SSSR count). The Morgan fingerprint density at radius 3 is 2.15 bits per heavy atom. The smallest absolute Gasteiger partial charge is 0.241 e. The van der Waals surface area contributed by atoms with E-state index < -0.39 is 16.1 Å². The Morgan fingerprint density at radius 1 is 0.889 bits per heavy atom. The van der Waals surface area contributed by atoms with Crippen molar-refractivity contribution in [1.29, 1.82) is 0 Å². The van der Waals surface area contributed by atoms with Crippen LogP contribution in [0.2, 0.25) is 0 Å². The lowest BCUT2D eigenvalue weighted by Gasteiger charge is -2.21. The minimum atomic E-state index is -3.71. The number of rotatable bonds is 7. The molecule has 0 saturated carbocycles. The van der Waals surface area contributed by atoms with Gasteiger partial charge in [0.1, 0.15) is 5.75 Å². The molecule has 3 aromatic rings. The summed E-state index contributed by atoms with van der Waals surface area (Å²) in [7, 11) is -3.71. The minimum Gasteiger partial charge on any atom is -0.494 e. The maximum Gasteiger partial charge on any atom is 0.241 e. The molecule has 0 heterocycles. The topological polar surface area (TPSA) is 55.4 Å². The fourth-order valence-corrected chi connectivity index (χ4v) is 4.18. The standard InChI is InChI=1S/C22H23NO3S/c1-3-26-19-13-15-20(16-14-19)27(24,25)23-22(18-10-5-4-6-11-18)21-12-8-7-9-17(21)2/h4-16,22-23H,3H2,1-2H3/t22-/m1/s1. The number of benzene rings is 3. The van der Waals surface area contributed by atoms with Crippen molar-refractivity contribution >= 4 is 10.0 Å². The molecule has 0 aliphatic heterocycles. The van der Waals surface area contributed by atoms with E-state index in [0.717, 1.165) is 16.7 Å². The van der Waals surface area contributed by atoms with E-state index in [4.69, 9.17) is 4.74 Å². The second kappa shape index (κ2) is 8.37. The predicted octanol–water partition coefficient (Wildman–Crippen LogP) is 4.46. The zero-order valence-electron chi connectivity index (χ0n) is 15.4. The van der Waals surface area contributed by atoms with Crippen LogP contribution in [-0.2, 0) is 10.0 Å². The molecule has 0 radical (unpaired) electrons. The summed E-state index contributed by atoms with van der Waals surface area (Å²) in [5.41, 5.74) is 2.85. The molecule has 0 aliphatic carbocycles. The molecule has 1 atom stereocenters. The molecule has 4 nitrogen and oxygen atoms in total. The van der Waals surface area contributed by atoms with Crippen molar-refractivity contribution in [3.63, 3.8) is 0 Å². The molecule has 0 unspecified atom stereocenters. The van der Waals surface area contributed by atoms with Crippen molar-refractivity contribution in [2.45, 2.75) is 24.8 Å². The highest BCUT2D eigenvalue weighted by molar-refractivity contribution is 7.89. The van der Waals surface area contributed by atoms with Crippen LogP contribution >= 0.6 is 0 Å². The van der Waals surface area contributed by atoms with Crippen LogP contribution in [0.1, 0.15) is 29.7 Å². The van der Waals surface area contributed by atoms with Gasteiger partial charge in [0.05, 0.1) is 17.5 Å². The van der Waals surface area contributed by atoms with Gasteiger partial charge in [0.15, 0.2) is 0 Å². The van der Waals surface area contributed by atoms with Gasteiger partial charge >= 0.3 is 0 Å². The first kappa shape index (κ1) is 19.1. The Balaban J connectivity index is 1.97. The molecule has 27 heavy (non-hydrogen) atoms. The van der Waals surface area contributed by atoms with Gasteiger partial charge in [-0.25, -0.2) is 8.42 Å². The van der Waals surface area contributed by atoms with Gasteiger partial charge in [-0.2, -0.15) is 4.72 Å². The summed E-state index contributed by atoms with van der Waals surface area (Å²) < 4.78 is 34.3. The molecule has 0 aliphatic rings. The third-order valence-electron chi connectivity index (χ3n) is 4.35. The van der Waals surface area contributed by atoms with Gasteiger partial charge in [0.25, 0.3) is 0 Å². The second-order valence-electron chi connectivity index (χ2n) is 6.23. The molecule has 0 bridgehead atoms. The zero-order chi connectivity index (χ0) is 19.3. The lowest BCUT2D eigenvalue weighted by atomic mass is 9.96. The highest BCUT2D eigenvalue weighted by Crippen LogP contribution is 2.27. The van der Waals surface area contributed by atoms with Crippen LogP contribution < -0.4 is 9.46 Å². The average Bonchev–Trinajstić information content (AvgIpc) is 2.68. The predicted molar refractivity (Wildman–Crippen MR) is 107 cm³/mol. The minimum absolute atomic E-state index is 0.209. The Labute approximate surface area is 160 Å². The lowest BCUT2D eigenvalue weighted by Crippen LogP contribution is -2.30. The largest absolute Gasteiger partial charge is 0.494 e. The third kappa shape index (κ3) is 4.56. The zero-order valence-corrected chi connectivity index (χ0v) is 16.2. The van der Waals surface area contributed by atoms with E-state index in [1.807, 2.05) is 68.4 Å². The van der Waals surface area contributed by atoms with E-state index in [1.54, 1.807) is 24.3 Å². The summed E-state index contributed by atoms with van der Waals surface area (Å²) in [5.74, 6) is 0.648. The van der Waals surface area contributed by atoms with Crippen LogP contribution in [0, 0.1) is 6.92 Å². The molecule has 140 valence electrons. The quantitative estimate of drug-likeness (QED) is 0.657. The van der Waals surface area contributed by atoms with Gasteiger partial charge in [0.2, 0.25) is 10.0 Å². The lowest BCUT2D eigenvalue weighted by molar-refractivity contribution is 0.340. The van der Waals surface area contributed by atoms with Crippen molar-refractivity contribution < 1.29 is 13.2 Å². The summed E-state index contributed by atoms with van der Waals surface area (Å²) in [5, 5.41) is 0. The number of ether oxygens (including phenoxy) is 1.